The number of methoxy groups -OCH3 is 1. The predicted molar refractivity (Wildman–Crippen MR) is 73.3 cm³/mol. The van der Waals surface area contributed by atoms with E-state index in [4.69, 9.17) is 21.1 Å². The number of carbonyl (C=O) groups excluding carboxylic acids is 2. The molecule has 8 nitrogen and oxygen atoms in total. The average molecular weight is 317 g/mol. The second-order valence-corrected chi connectivity index (χ2v) is 4.27. The zero-order valence-electron chi connectivity index (χ0n) is 11.1. The molecule has 0 fully saturated rings. The summed E-state index contributed by atoms with van der Waals surface area (Å²) >= 11 is 5.69. The van der Waals surface area contributed by atoms with Gasteiger partial charge in [0.15, 0.2) is 6.61 Å². The Kier molecular flexibility index (Phi) is 6.57. The number of ether oxygens (including phenoxy) is 2. The highest BCUT2D eigenvalue weighted by Gasteiger charge is 2.22. The summed E-state index contributed by atoms with van der Waals surface area (Å²) in [6, 6.07) is 3.50. The molecular weight excluding hydrogens is 304 g/mol. The fourth-order valence-corrected chi connectivity index (χ4v) is 1.56. The Hall–Kier alpha value is -2.19. The number of nitrogens with zero attached hydrogens (tertiary/aromatic N) is 1. The monoisotopic (exact) mass is 316 g/mol. The van der Waals surface area contributed by atoms with Crippen LogP contribution >= 0.6 is 11.6 Å². The molecule has 114 valence electrons. The second-order valence-electron chi connectivity index (χ2n) is 3.84. The lowest BCUT2D eigenvalue weighted by Crippen LogP contribution is -2.31. The van der Waals surface area contributed by atoms with Crippen molar-refractivity contribution in [2.24, 2.45) is 0 Å². The van der Waals surface area contributed by atoms with E-state index in [2.05, 4.69) is 5.32 Å². The van der Waals surface area contributed by atoms with E-state index >= 15 is 0 Å². The van der Waals surface area contributed by atoms with Gasteiger partial charge in [-0.25, -0.2) is 4.79 Å². The molecule has 1 amide bonds. The van der Waals surface area contributed by atoms with E-state index in [1.54, 1.807) is 0 Å². The summed E-state index contributed by atoms with van der Waals surface area (Å²) in [7, 11) is 1.48. The largest absolute Gasteiger partial charge is 0.452 e. The molecule has 0 aliphatic heterocycles. The van der Waals surface area contributed by atoms with Crippen LogP contribution in [0.3, 0.4) is 0 Å². The van der Waals surface area contributed by atoms with Crippen molar-refractivity contribution in [1.29, 1.82) is 0 Å². The van der Waals surface area contributed by atoms with Gasteiger partial charge in [0.2, 0.25) is 0 Å². The number of nitro groups is 1. The molecule has 0 radical (unpaired) electrons. The van der Waals surface area contributed by atoms with E-state index in [9.17, 15) is 19.7 Å². The standard InChI is InChI=1S/C12H13ClN2O6/c1-20-5-4-14-11(16)7-21-12(17)9-6-8(13)2-3-10(9)15(18)19/h2-3,6H,4-5,7H2,1H3,(H,14,16). The van der Waals surface area contributed by atoms with Crippen LogP contribution in [0.15, 0.2) is 18.2 Å². The van der Waals surface area contributed by atoms with Gasteiger partial charge in [-0.05, 0) is 12.1 Å². The van der Waals surface area contributed by atoms with E-state index in [0.717, 1.165) is 12.1 Å². The van der Waals surface area contributed by atoms with Crippen molar-refractivity contribution in [1.82, 2.24) is 5.32 Å². The highest BCUT2D eigenvalue weighted by atomic mass is 35.5. The van der Waals surface area contributed by atoms with Crippen molar-refractivity contribution in [3.8, 4) is 0 Å². The number of rotatable bonds is 7. The maximum Gasteiger partial charge on any atom is 0.345 e. The topological polar surface area (TPSA) is 108 Å². The minimum Gasteiger partial charge on any atom is -0.452 e. The number of halogens is 1. The Labute approximate surface area is 125 Å². The second kappa shape index (κ2) is 8.18. The maximum absolute atomic E-state index is 11.8. The third kappa shape index (κ3) is 5.36. The first-order valence-electron chi connectivity index (χ1n) is 5.82. The van der Waals surface area contributed by atoms with Crippen molar-refractivity contribution in [3.05, 3.63) is 38.9 Å². The summed E-state index contributed by atoms with van der Waals surface area (Å²) in [6.45, 7) is 0.0376. The summed E-state index contributed by atoms with van der Waals surface area (Å²) in [5.41, 5.74) is -0.749. The lowest BCUT2D eigenvalue weighted by Gasteiger charge is -2.06. The smallest absolute Gasteiger partial charge is 0.345 e. The highest BCUT2D eigenvalue weighted by Crippen LogP contribution is 2.23. The van der Waals surface area contributed by atoms with Crippen molar-refractivity contribution in [3.63, 3.8) is 0 Å². The number of nitro benzene ring substituents is 1. The fraction of sp³-hybridized carbons (Fsp3) is 0.333. The van der Waals surface area contributed by atoms with Gasteiger partial charge in [-0.15, -0.1) is 0 Å². The summed E-state index contributed by atoms with van der Waals surface area (Å²) in [4.78, 5) is 33.2. The van der Waals surface area contributed by atoms with Crippen LogP contribution in [0.5, 0.6) is 0 Å². The van der Waals surface area contributed by atoms with Crippen molar-refractivity contribution in [2.75, 3.05) is 26.9 Å². The number of hydrogen-bond acceptors (Lipinski definition) is 6. The van der Waals surface area contributed by atoms with Gasteiger partial charge in [-0.1, -0.05) is 11.6 Å². The lowest BCUT2D eigenvalue weighted by atomic mass is 10.2. The van der Waals surface area contributed by atoms with Crippen molar-refractivity contribution in [2.45, 2.75) is 0 Å². The first-order chi connectivity index (χ1) is 9.95. The van der Waals surface area contributed by atoms with Crippen LogP contribution < -0.4 is 5.32 Å². The molecule has 1 aromatic rings. The van der Waals surface area contributed by atoms with Crippen molar-refractivity contribution >= 4 is 29.2 Å². The molecule has 1 N–H and O–H groups in total. The molecule has 0 atom stereocenters. The van der Waals surface area contributed by atoms with E-state index in [-0.39, 0.29) is 17.1 Å². The Morgan fingerprint density at radius 3 is 2.76 bits per heavy atom. The van der Waals surface area contributed by atoms with Gasteiger partial charge in [0.05, 0.1) is 11.5 Å². The minimum absolute atomic E-state index is 0.150. The number of amides is 1. The molecule has 0 unspecified atom stereocenters. The van der Waals surface area contributed by atoms with Gasteiger partial charge in [0.25, 0.3) is 11.6 Å². The van der Waals surface area contributed by atoms with Gasteiger partial charge in [-0.2, -0.15) is 0 Å². The van der Waals surface area contributed by atoms with Crippen LogP contribution in [-0.2, 0) is 14.3 Å². The average Bonchev–Trinajstić information content (AvgIpc) is 2.44. The molecule has 0 aromatic heterocycles. The first kappa shape index (κ1) is 16.9. The number of carbonyl (C=O) groups is 2. The summed E-state index contributed by atoms with van der Waals surface area (Å²) in [5, 5.41) is 13.4. The molecule has 0 aliphatic carbocycles. The highest BCUT2D eigenvalue weighted by molar-refractivity contribution is 6.31. The van der Waals surface area contributed by atoms with E-state index in [0.29, 0.717) is 6.61 Å². The normalized spacial score (nSPS) is 10.0. The van der Waals surface area contributed by atoms with Crippen LogP contribution in [0.4, 0.5) is 5.69 Å². The molecule has 9 heteroatoms. The minimum atomic E-state index is -0.994. The van der Waals surface area contributed by atoms with Gasteiger partial charge < -0.3 is 14.8 Å². The molecule has 0 saturated heterocycles. The van der Waals surface area contributed by atoms with Crippen molar-refractivity contribution < 1.29 is 24.0 Å². The van der Waals surface area contributed by atoms with Gasteiger partial charge >= 0.3 is 5.97 Å². The van der Waals surface area contributed by atoms with Gasteiger partial charge in [0.1, 0.15) is 5.56 Å². The summed E-state index contributed by atoms with van der Waals surface area (Å²) in [6.07, 6.45) is 0. The number of esters is 1. The van der Waals surface area contributed by atoms with E-state index < -0.39 is 29.1 Å². The lowest BCUT2D eigenvalue weighted by molar-refractivity contribution is -0.385. The third-order valence-electron chi connectivity index (χ3n) is 2.34. The van der Waals surface area contributed by atoms with Gasteiger partial charge in [0, 0.05) is 24.7 Å². The maximum atomic E-state index is 11.8. The van der Waals surface area contributed by atoms with Crippen LogP contribution in [-0.4, -0.2) is 43.7 Å². The molecule has 21 heavy (non-hydrogen) atoms. The molecule has 0 spiro atoms. The third-order valence-corrected chi connectivity index (χ3v) is 2.57. The van der Waals surface area contributed by atoms with Crippen LogP contribution in [0.25, 0.3) is 0 Å². The Morgan fingerprint density at radius 1 is 1.43 bits per heavy atom. The summed E-state index contributed by atoms with van der Waals surface area (Å²) < 4.78 is 9.44. The van der Waals surface area contributed by atoms with Crippen LogP contribution in [0, 0.1) is 10.1 Å². The number of benzene rings is 1. The van der Waals surface area contributed by atoms with E-state index in [1.807, 2.05) is 0 Å². The fourth-order valence-electron chi connectivity index (χ4n) is 1.38. The molecule has 0 bridgehead atoms. The van der Waals surface area contributed by atoms with Crippen LogP contribution in [0.1, 0.15) is 10.4 Å². The molecule has 0 heterocycles. The Balaban J connectivity index is 2.65. The Bertz CT molecular complexity index is 549. The number of hydrogen-bond donors (Lipinski definition) is 1. The molecule has 0 saturated carbocycles. The molecule has 1 rings (SSSR count). The molecule has 1 aromatic carbocycles. The summed E-state index contributed by atoms with van der Waals surface area (Å²) in [5.74, 6) is -1.53. The SMILES string of the molecule is COCCNC(=O)COC(=O)c1cc(Cl)ccc1[N+](=O)[O-]. The quantitative estimate of drug-likeness (QED) is 0.350. The van der Waals surface area contributed by atoms with Crippen LogP contribution in [0.2, 0.25) is 5.02 Å². The van der Waals surface area contributed by atoms with Gasteiger partial charge in [-0.3, -0.25) is 14.9 Å². The first-order valence-corrected chi connectivity index (χ1v) is 6.20. The van der Waals surface area contributed by atoms with E-state index in [1.165, 1.54) is 13.2 Å². The zero-order valence-corrected chi connectivity index (χ0v) is 11.9. The molecule has 0 aliphatic rings. The molecular formula is C12H13ClN2O6. The number of nitrogens with one attached hydrogen (secondary N) is 1. The Morgan fingerprint density at radius 2 is 2.14 bits per heavy atom. The zero-order chi connectivity index (χ0) is 15.8. The predicted octanol–water partition coefficient (Wildman–Crippen LogP) is 1.17.